The predicted molar refractivity (Wildman–Crippen MR) is 74.5 cm³/mol. The van der Waals surface area contributed by atoms with Crippen LogP contribution in [0, 0.1) is 0 Å². The number of halogens is 1. The Morgan fingerprint density at radius 1 is 1.32 bits per heavy atom. The van der Waals surface area contributed by atoms with E-state index in [2.05, 4.69) is 20.3 Å². The van der Waals surface area contributed by atoms with E-state index in [1.54, 1.807) is 18.3 Å². The number of nitrogens with one attached hydrogen (secondary N) is 2. The average Bonchev–Trinajstić information content (AvgIpc) is 2.83. The Balaban J connectivity index is 2.07. The van der Waals surface area contributed by atoms with E-state index in [9.17, 15) is 5.11 Å². The van der Waals surface area contributed by atoms with Crippen LogP contribution in [-0.2, 0) is 6.61 Å². The Morgan fingerprint density at radius 3 is 3.00 bits per heavy atom. The van der Waals surface area contributed by atoms with Crippen molar-refractivity contribution in [2.45, 2.75) is 6.61 Å². The van der Waals surface area contributed by atoms with Crippen LogP contribution in [0.5, 0.6) is 0 Å². The molecule has 0 amide bonds. The van der Waals surface area contributed by atoms with E-state index < -0.39 is 0 Å². The fraction of sp³-hybridized carbons (Fsp3) is 0.0769. The van der Waals surface area contributed by atoms with Crippen molar-refractivity contribution in [1.82, 2.24) is 15.0 Å². The van der Waals surface area contributed by atoms with E-state index in [0.717, 1.165) is 16.6 Å². The van der Waals surface area contributed by atoms with Crippen LogP contribution in [0.25, 0.3) is 11.0 Å². The molecule has 3 N–H and O–H groups in total. The molecule has 19 heavy (non-hydrogen) atoms. The number of rotatable bonds is 3. The summed E-state index contributed by atoms with van der Waals surface area (Å²) < 4.78 is 0. The van der Waals surface area contributed by atoms with Gasteiger partial charge in [0.25, 0.3) is 0 Å². The molecule has 0 saturated heterocycles. The molecule has 0 radical (unpaired) electrons. The summed E-state index contributed by atoms with van der Waals surface area (Å²) in [7, 11) is 0. The first-order valence-corrected chi connectivity index (χ1v) is 6.10. The molecule has 96 valence electrons. The molecule has 0 bridgehead atoms. The molecular formula is C13H11ClN4O. The number of aromatic amines is 1. The number of benzene rings is 1. The van der Waals surface area contributed by atoms with E-state index in [-0.39, 0.29) is 6.61 Å². The lowest BCUT2D eigenvalue weighted by Gasteiger charge is -2.07. The van der Waals surface area contributed by atoms with Crippen LogP contribution in [-0.4, -0.2) is 20.1 Å². The highest BCUT2D eigenvalue weighted by molar-refractivity contribution is 6.30. The molecule has 6 heteroatoms. The Hall–Kier alpha value is -2.11. The average molecular weight is 275 g/mol. The lowest BCUT2D eigenvalue weighted by atomic mass is 10.2. The van der Waals surface area contributed by atoms with Crippen molar-refractivity contribution in [3.8, 4) is 0 Å². The van der Waals surface area contributed by atoms with Gasteiger partial charge in [0, 0.05) is 22.5 Å². The van der Waals surface area contributed by atoms with E-state index in [0.29, 0.717) is 16.5 Å². The monoisotopic (exact) mass is 274 g/mol. The molecule has 0 unspecified atom stereocenters. The zero-order valence-corrected chi connectivity index (χ0v) is 10.6. The van der Waals surface area contributed by atoms with Gasteiger partial charge in [-0.2, -0.15) is 0 Å². The first-order chi connectivity index (χ1) is 9.28. The van der Waals surface area contributed by atoms with Crippen LogP contribution in [0.4, 0.5) is 11.5 Å². The third kappa shape index (κ3) is 2.25. The summed E-state index contributed by atoms with van der Waals surface area (Å²) >= 11 is 5.95. The molecule has 5 nitrogen and oxygen atoms in total. The van der Waals surface area contributed by atoms with Gasteiger partial charge < -0.3 is 15.4 Å². The molecule has 3 rings (SSSR count). The third-order valence-corrected chi connectivity index (χ3v) is 3.04. The van der Waals surface area contributed by atoms with Crippen molar-refractivity contribution in [1.29, 1.82) is 0 Å². The van der Waals surface area contributed by atoms with Crippen LogP contribution >= 0.6 is 11.6 Å². The van der Waals surface area contributed by atoms with Gasteiger partial charge in [-0.15, -0.1) is 0 Å². The summed E-state index contributed by atoms with van der Waals surface area (Å²) in [6.07, 6.45) is 3.19. The molecule has 2 heterocycles. The normalized spacial score (nSPS) is 10.8. The molecule has 0 aliphatic rings. The summed E-state index contributed by atoms with van der Waals surface area (Å²) in [6, 6.07) is 7.36. The smallest absolute Gasteiger partial charge is 0.143 e. The van der Waals surface area contributed by atoms with Gasteiger partial charge in [-0.05, 0) is 18.2 Å². The fourth-order valence-electron chi connectivity index (χ4n) is 1.95. The van der Waals surface area contributed by atoms with Crippen molar-refractivity contribution in [2.24, 2.45) is 0 Å². The van der Waals surface area contributed by atoms with Crippen molar-refractivity contribution in [2.75, 3.05) is 5.32 Å². The SMILES string of the molecule is OCc1c[nH]c2ncnc(Nc3cccc(Cl)c3)c12. The predicted octanol–water partition coefficient (Wildman–Crippen LogP) is 2.85. The van der Waals surface area contributed by atoms with Gasteiger partial charge in [0.05, 0.1) is 12.0 Å². The molecule has 3 aromatic rings. The molecule has 0 atom stereocenters. The van der Waals surface area contributed by atoms with Crippen LogP contribution < -0.4 is 5.32 Å². The number of hydrogen-bond acceptors (Lipinski definition) is 4. The molecule has 0 aliphatic heterocycles. The highest BCUT2D eigenvalue weighted by Crippen LogP contribution is 2.26. The second-order valence-electron chi connectivity index (χ2n) is 4.05. The Labute approximate surface area is 114 Å². The van der Waals surface area contributed by atoms with Crippen molar-refractivity contribution in [3.05, 3.63) is 47.4 Å². The van der Waals surface area contributed by atoms with Crippen LogP contribution in [0.2, 0.25) is 5.02 Å². The summed E-state index contributed by atoms with van der Waals surface area (Å²) in [5.74, 6) is 0.637. The maximum absolute atomic E-state index is 9.33. The van der Waals surface area contributed by atoms with Gasteiger partial charge in [0.2, 0.25) is 0 Å². The first-order valence-electron chi connectivity index (χ1n) is 5.72. The third-order valence-electron chi connectivity index (χ3n) is 2.81. The number of anilines is 2. The summed E-state index contributed by atoms with van der Waals surface area (Å²) in [5, 5.41) is 13.9. The lowest BCUT2D eigenvalue weighted by molar-refractivity contribution is 0.283. The number of aromatic nitrogens is 3. The maximum atomic E-state index is 9.33. The molecule has 0 aliphatic carbocycles. The minimum absolute atomic E-state index is 0.0718. The largest absolute Gasteiger partial charge is 0.392 e. The lowest BCUT2D eigenvalue weighted by Crippen LogP contribution is -1.96. The quantitative estimate of drug-likeness (QED) is 0.687. The molecule has 0 saturated carbocycles. The van der Waals surface area contributed by atoms with Crippen molar-refractivity contribution >= 4 is 34.1 Å². The zero-order valence-electron chi connectivity index (χ0n) is 9.89. The zero-order chi connectivity index (χ0) is 13.2. The van der Waals surface area contributed by atoms with E-state index in [4.69, 9.17) is 11.6 Å². The Bertz CT molecular complexity index is 725. The van der Waals surface area contributed by atoms with Crippen molar-refractivity contribution in [3.63, 3.8) is 0 Å². The summed E-state index contributed by atoms with van der Waals surface area (Å²) in [4.78, 5) is 11.3. The van der Waals surface area contributed by atoms with Crippen molar-refractivity contribution < 1.29 is 5.11 Å². The number of aliphatic hydroxyl groups is 1. The second-order valence-corrected chi connectivity index (χ2v) is 4.49. The van der Waals surface area contributed by atoms with E-state index in [1.165, 1.54) is 6.33 Å². The molecule has 1 aromatic carbocycles. The standard InChI is InChI=1S/C13H11ClN4O/c14-9-2-1-3-10(4-9)18-13-11-8(6-19)5-15-12(11)16-7-17-13/h1-5,7,19H,6H2,(H2,15,16,17,18). The van der Waals surface area contributed by atoms with Crippen LogP contribution in [0.1, 0.15) is 5.56 Å². The minimum atomic E-state index is -0.0718. The summed E-state index contributed by atoms with van der Waals surface area (Å²) in [6.45, 7) is -0.0718. The number of hydrogen-bond donors (Lipinski definition) is 3. The maximum Gasteiger partial charge on any atom is 0.143 e. The number of fused-ring (bicyclic) bond motifs is 1. The van der Waals surface area contributed by atoms with Crippen LogP contribution in [0.3, 0.4) is 0 Å². The van der Waals surface area contributed by atoms with E-state index >= 15 is 0 Å². The van der Waals surface area contributed by atoms with Crippen LogP contribution in [0.15, 0.2) is 36.8 Å². The molecule has 0 spiro atoms. The number of H-pyrrole nitrogens is 1. The van der Waals surface area contributed by atoms with Gasteiger partial charge >= 0.3 is 0 Å². The first kappa shape index (κ1) is 12.0. The topological polar surface area (TPSA) is 73.8 Å². The summed E-state index contributed by atoms with van der Waals surface area (Å²) in [5.41, 5.74) is 2.27. The molecular weight excluding hydrogens is 264 g/mol. The minimum Gasteiger partial charge on any atom is -0.392 e. The number of nitrogens with zero attached hydrogens (tertiary/aromatic N) is 2. The molecule has 0 fully saturated rings. The molecule has 2 aromatic heterocycles. The highest BCUT2D eigenvalue weighted by atomic mass is 35.5. The second kappa shape index (κ2) is 4.87. The fourth-order valence-corrected chi connectivity index (χ4v) is 2.14. The van der Waals surface area contributed by atoms with Gasteiger partial charge in [-0.3, -0.25) is 0 Å². The van der Waals surface area contributed by atoms with E-state index in [1.807, 2.05) is 12.1 Å². The van der Waals surface area contributed by atoms with Gasteiger partial charge in [0.15, 0.2) is 0 Å². The van der Waals surface area contributed by atoms with Gasteiger partial charge in [-0.25, -0.2) is 9.97 Å². The van der Waals surface area contributed by atoms with Gasteiger partial charge in [-0.1, -0.05) is 17.7 Å². The Morgan fingerprint density at radius 2 is 2.21 bits per heavy atom. The Kier molecular flexibility index (Phi) is 3.06. The number of aliphatic hydroxyl groups excluding tert-OH is 1. The highest BCUT2D eigenvalue weighted by Gasteiger charge is 2.10. The van der Waals surface area contributed by atoms with Gasteiger partial charge in [0.1, 0.15) is 17.8 Å².